The SMILES string of the molecule is CC1(C)OB(c2ccn3c(C(=O)Nc4ccc(F)c(OC(F)(F)F)c4)cnc3c2)OC1(C)C. The van der Waals surface area contributed by atoms with Gasteiger partial charge in [-0.2, -0.15) is 0 Å². The van der Waals surface area contributed by atoms with Crippen LogP contribution >= 0.6 is 0 Å². The van der Waals surface area contributed by atoms with E-state index in [9.17, 15) is 22.4 Å². The zero-order chi connectivity index (χ0) is 24.2. The molecule has 1 aliphatic heterocycles. The lowest BCUT2D eigenvalue weighted by molar-refractivity contribution is -0.275. The zero-order valence-electron chi connectivity index (χ0n) is 18.2. The number of fused-ring (bicyclic) bond motifs is 1. The number of carbonyl (C=O) groups excluding carboxylic acids is 1. The second kappa shape index (κ2) is 7.74. The molecule has 1 N–H and O–H groups in total. The Hall–Kier alpha value is -3.12. The molecule has 4 rings (SSSR count). The van der Waals surface area contributed by atoms with Crippen LogP contribution in [-0.4, -0.2) is 40.0 Å². The third kappa shape index (κ3) is 4.53. The molecule has 0 spiro atoms. The summed E-state index contributed by atoms with van der Waals surface area (Å²) in [6.07, 6.45) is -2.14. The Labute approximate surface area is 186 Å². The molecule has 0 radical (unpaired) electrons. The first-order valence-electron chi connectivity index (χ1n) is 9.95. The Bertz CT molecular complexity index is 1210. The molecule has 0 atom stereocenters. The summed E-state index contributed by atoms with van der Waals surface area (Å²) >= 11 is 0. The van der Waals surface area contributed by atoms with Crippen molar-refractivity contribution in [3.8, 4) is 5.75 Å². The normalized spacial score (nSPS) is 17.4. The van der Waals surface area contributed by atoms with Crippen LogP contribution in [0.2, 0.25) is 0 Å². The minimum atomic E-state index is -5.07. The summed E-state index contributed by atoms with van der Waals surface area (Å²) in [4.78, 5) is 16.9. The Morgan fingerprint density at radius 3 is 2.42 bits per heavy atom. The number of imidazole rings is 1. The van der Waals surface area contributed by atoms with E-state index in [1.807, 2.05) is 27.7 Å². The highest BCUT2D eigenvalue weighted by Crippen LogP contribution is 2.36. The molecule has 3 aromatic rings. The number of alkyl halides is 3. The van der Waals surface area contributed by atoms with Gasteiger partial charge in [-0.15, -0.1) is 13.2 Å². The number of hydrogen-bond donors (Lipinski definition) is 1. The number of pyridine rings is 1. The van der Waals surface area contributed by atoms with Crippen molar-refractivity contribution in [2.24, 2.45) is 0 Å². The van der Waals surface area contributed by atoms with E-state index in [0.29, 0.717) is 11.1 Å². The number of amides is 1. The first kappa shape index (κ1) is 23.1. The Kier molecular flexibility index (Phi) is 5.40. The summed E-state index contributed by atoms with van der Waals surface area (Å²) in [5.41, 5.74) is 0.152. The molecular weight excluding hydrogens is 445 g/mol. The number of hydrogen-bond acceptors (Lipinski definition) is 5. The van der Waals surface area contributed by atoms with Crippen molar-refractivity contribution in [3.63, 3.8) is 0 Å². The Morgan fingerprint density at radius 1 is 1.12 bits per heavy atom. The molecule has 33 heavy (non-hydrogen) atoms. The maximum Gasteiger partial charge on any atom is 0.573 e. The molecule has 3 heterocycles. The number of nitrogens with zero attached hydrogens (tertiary/aromatic N) is 2. The summed E-state index contributed by atoms with van der Waals surface area (Å²) in [6.45, 7) is 7.74. The van der Waals surface area contributed by atoms with Gasteiger partial charge in [0.25, 0.3) is 5.91 Å². The number of carbonyl (C=O) groups is 1. The number of ether oxygens (including phenoxy) is 1. The number of rotatable bonds is 4. The van der Waals surface area contributed by atoms with Crippen LogP contribution in [0, 0.1) is 5.82 Å². The highest BCUT2D eigenvalue weighted by molar-refractivity contribution is 6.62. The zero-order valence-corrected chi connectivity index (χ0v) is 18.2. The van der Waals surface area contributed by atoms with E-state index in [0.717, 1.165) is 18.2 Å². The minimum Gasteiger partial charge on any atom is -0.403 e. The van der Waals surface area contributed by atoms with Gasteiger partial charge in [0.05, 0.1) is 17.4 Å². The average molecular weight is 465 g/mol. The molecule has 7 nitrogen and oxygen atoms in total. The van der Waals surface area contributed by atoms with Crippen molar-refractivity contribution in [3.05, 3.63) is 54.2 Å². The molecule has 0 aliphatic carbocycles. The molecule has 2 aromatic heterocycles. The third-order valence-corrected chi connectivity index (χ3v) is 5.71. The summed E-state index contributed by atoms with van der Waals surface area (Å²) < 4.78 is 68.1. The number of benzene rings is 1. The molecule has 0 bridgehead atoms. The predicted molar refractivity (Wildman–Crippen MR) is 112 cm³/mol. The molecule has 1 amide bonds. The van der Waals surface area contributed by atoms with Crippen LogP contribution < -0.4 is 15.5 Å². The standard InChI is InChI=1S/C21H20BF4N3O4/c1-19(2)20(3,4)33-22(32-19)12-7-8-29-15(11-27-17(29)9-12)18(30)28-13-5-6-14(23)16(10-13)31-21(24,25)26/h5-11H,1-4H3,(H,28,30). The van der Waals surface area contributed by atoms with Crippen molar-refractivity contribution in [2.45, 2.75) is 45.3 Å². The van der Waals surface area contributed by atoms with E-state index >= 15 is 0 Å². The molecule has 0 unspecified atom stereocenters. The fourth-order valence-electron chi connectivity index (χ4n) is 3.27. The van der Waals surface area contributed by atoms with Gasteiger partial charge in [-0.1, -0.05) is 0 Å². The largest absolute Gasteiger partial charge is 0.573 e. The van der Waals surface area contributed by atoms with Crippen LogP contribution in [0.4, 0.5) is 23.2 Å². The summed E-state index contributed by atoms with van der Waals surface area (Å²) in [6, 6.07) is 6.07. The molecule has 1 saturated heterocycles. The molecule has 0 saturated carbocycles. The summed E-state index contributed by atoms with van der Waals surface area (Å²) in [5, 5.41) is 2.42. The second-order valence-electron chi connectivity index (χ2n) is 8.57. The van der Waals surface area contributed by atoms with Crippen molar-refractivity contribution < 1.29 is 36.4 Å². The van der Waals surface area contributed by atoms with Gasteiger partial charge in [-0.3, -0.25) is 9.20 Å². The Morgan fingerprint density at radius 2 is 1.79 bits per heavy atom. The first-order chi connectivity index (χ1) is 15.3. The maximum absolute atomic E-state index is 13.6. The quantitative estimate of drug-likeness (QED) is 0.467. The van der Waals surface area contributed by atoms with E-state index < -0.39 is 42.2 Å². The summed E-state index contributed by atoms with van der Waals surface area (Å²) in [5.74, 6) is -2.92. The highest BCUT2D eigenvalue weighted by atomic mass is 19.4. The molecule has 1 fully saturated rings. The van der Waals surface area contributed by atoms with E-state index in [2.05, 4.69) is 15.0 Å². The van der Waals surface area contributed by atoms with Crippen LogP contribution in [-0.2, 0) is 9.31 Å². The van der Waals surface area contributed by atoms with Gasteiger partial charge >= 0.3 is 13.5 Å². The first-order valence-corrected chi connectivity index (χ1v) is 9.95. The predicted octanol–water partition coefficient (Wildman–Crippen LogP) is 3.92. The number of anilines is 1. The lowest BCUT2D eigenvalue weighted by atomic mass is 9.80. The van der Waals surface area contributed by atoms with Crippen molar-refractivity contribution in [1.82, 2.24) is 9.38 Å². The molecule has 1 aromatic carbocycles. The van der Waals surface area contributed by atoms with Gasteiger partial charge in [0.15, 0.2) is 11.6 Å². The van der Waals surface area contributed by atoms with Gasteiger partial charge in [0, 0.05) is 18.0 Å². The van der Waals surface area contributed by atoms with Crippen molar-refractivity contribution in [2.75, 3.05) is 5.32 Å². The molecule has 12 heteroatoms. The lowest BCUT2D eigenvalue weighted by Crippen LogP contribution is -2.41. The van der Waals surface area contributed by atoms with Gasteiger partial charge in [-0.25, -0.2) is 9.37 Å². The highest BCUT2D eigenvalue weighted by Gasteiger charge is 2.51. The van der Waals surface area contributed by atoms with E-state index in [1.54, 1.807) is 18.3 Å². The minimum absolute atomic E-state index is 0.0792. The van der Waals surface area contributed by atoms with Crippen LogP contribution in [0.3, 0.4) is 0 Å². The average Bonchev–Trinajstić information content (AvgIpc) is 3.20. The second-order valence-corrected chi connectivity index (χ2v) is 8.57. The fourth-order valence-corrected chi connectivity index (χ4v) is 3.27. The number of halogens is 4. The molecule has 174 valence electrons. The number of aromatic nitrogens is 2. The molecular formula is C21H20BF4N3O4. The van der Waals surface area contributed by atoms with Gasteiger partial charge < -0.3 is 19.4 Å². The van der Waals surface area contributed by atoms with Crippen LogP contribution in [0.25, 0.3) is 5.65 Å². The van der Waals surface area contributed by atoms with Gasteiger partial charge in [0.1, 0.15) is 11.3 Å². The monoisotopic (exact) mass is 465 g/mol. The van der Waals surface area contributed by atoms with E-state index in [-0.39, 0.29) is 11.4 Å². The fraction of sp³-hybridized carbons (Fsp3) is 0.333. The van der Waals surface area contributed by atoms with E-state index in [4.69, 9.17) is 9.31 Å². The number of nitrogens with one attached hydrogen (secondary N) is 1. The Balaban J connectivity index is 1.55. The van der Waals surface area contributed by atoms with Crippen LogP contribution in [0.15, 0.2) is 42.7 Å². The maximum atomic E-state index is 13.6. The van der Waals surface area contributed by atoms with Crippen LogP contribution in [0.5, 0.6) is 5.75 Å². The lowest BCUT2D eigenvalue weighted by Gasteiger charge is -2.32. The molecule has 1 aliphatic rings. The van der Waals surface area contributed by atoms with Crippen molar-refractivity contribution >= 4 is 29.8 Å². The van der Waals surface area contributed by atoms with E-state index in [1.165, 1.54) is 10.6 Å². The topological polar surface area (TPSA) is 74.1 Å². The van der Waals surface area contributed by atoms with Gasteiger partial charge in [0.2, 0.25) is 0 Å². The third-order valence-electron chi connectivity index (χ3n) is 5.71. The summed E-state index contributed by atoms with van der Waals surface area (Å²) in [7, 11) is -0.611. The van der Waals surface area contributed by atoms with Crippen LogP contribution in [0.1, 0.15) is 38.2 Å². The van der Waals surface area contributed by atoms with Crippen molar-refractivity contribution in [1.29, 1.82) is 0 Å². The van der Waals surface area contributed by atoms with Gasteiger partial charge in [-0.05, 0) is 57.4 Å². The smallest absolute Gasteiger partial charge is 0.403 e.